The van der Waals surface area contributed by atoms with Gasteiger partial charge in [-0.1, -0.05) is 24.3 Å². The lowest BCUT2D eigenvalue weighted by Crippen LogP contribution is -1.75. The number of aromatic hydroxyl groups is 4. The first-order chi connectivity index (χ1) is 12.0. The van der Waals surface area contributed by atoms with Gasteiger partial charge in [0, 0.05) is 0 Å². The van der Waals surface area contributed by atoms with Crippen LogP contribution in [-0.2, 0) is 0 Å². The van der Waals surface area contributed by atoms with E-state index in [2.05, 4.69) is 10.2 Å². The van der Waals surface area contributed by atoms with Crippen LogP contribution in [-0.4, -0.2) is 30.6 Å². The number of H-pyrrole nitrogens is 1. The minimum Gasteiger partial charge on any atom is -0.504 e. The van der Waals surface area contributed by atoms with Gasteiger partial charge in [0.2, 0.25) is 0 Å². The fourth-order valence-electron chi connectivity index (χ4n) is 2.18. The van der Waals surface area contributed by atoms with Gasteiger partial charge in [-0.05, 0) is 53.6 Å². The van der Waals surface area contributed by atoms with Crippen LogP contribution in [0, 0.1) is 0 Å². The third-order valence-corrected chi connectivity index (χ3v) is 3.52. The van der Waals surface area contributed by atoms with Crippen LogP contribution in [0.2, 0.25) is 0 Å². The van der Waals surface area contributed by atoms with Crippen molar-refractivity contribution < 1.29 is 20.4 Å². The fourth-order valence-corrected chi connectivity index (χ4v) is 2.18. The molecule has 0 fully saturated rings. The first kappa shape index (κ1) is 16.2. The summed E-state index contributed by atoms with van der Waals surface area (Å²) < 4.78 is 0. The van der Waals surface area contributed by atoms with Crippen molar-refractivity contribution in [3.05, 3.63) is 65.0 Å². The number of phenolic OH excluding ortho intramolecular Hbond substituents is 4. The van der Waals surface area contributed by atoms with E-state index in [1.54, 1.807) is 36.4 Å². The molecule has 1 aromatic heterocycles. The van der Waals surface area contributed by atoms with Crippen molar-refractivity contribution >= 4 is 24.3 Å². The molecular weight excluding hydrogens is 320 g/mol. The second kappa shape index (κ2) is 6.84. The molecule has 0 unspecified atom stereocenters. The number of rotatable bonds is 4. The van der Waals surface area contributed by atoms with E-state index in [4.69, 9.17) is 0 Å². The topological polar surface area (TPSA) is 110 Å². The number of hydrogen-bond donors (Lipinski definition) is 5. The molecule has 0 spiro atoms. The molecule has 1 heterocycles. The van der Waals surface area contributed by atoms with Crippen molar-refractivity contribution in [1.82, 2.24) is 10.2 Å². The lowest BCUT2D eigenvalue weighted by Gasteiger charge is -1.98. The average molecular weight is 336 g/mol. The zero-order valence-corrected chi connectivity index (χ0v) is 13.1. The predicted molar refractivity (Wildman–Crippen MR) is 96.0 cm³/mol. The molecule has 0 amide bonds. The first-order valence-corrected chi connectivity index (χ1v) is 7.47. The fraction of sp³-hybridized carbons (Fsp3) is 0. The summed E-state index contributed by atoms with van der Waals surface area (Å²) in [7, 11) is 0. The highest BCUT2D eigenvalue weighted by Gasteiger charge is 2.00. The van der Waals surface area contributed by atoms with E-state index in [-0.39, 0.29) is 23.0 Å². The van der Waals surface area contributed by atoms with E-state index in [1.165, 1.54) is 24.3 Å². The Labute approximate surface area is 143 Å². The van der Waals surface area contributed by atoms with Crippen molar-refractivity contribution in [3.63, 3.8) is 0 Å². The maximum Gasteiger partial charge on any atom is 0.157 e. The van der Waals surface area contributed by atoms with Crippen LogP contribution in [0.3, 0.4) is 0 Å². The molecule has 0 aliphatic rings. The van der Waals surface area contributed by atoms with Gasteiger partial charge in [0.05, 0.1) is 11.4 Å². The zero-order chi connectivity index (χ0) is 17.8. The molecule has 0 saturated heterocycles. The predicted octanol–water partition coefficient (Wildman–Crippen LogP) is 3.57. The molecule has 3 rings (SSSR count). The molecule has 2 aromatic carbocycles. The zero-order valence-electron chi connectivity index (χ0n) is 13.1. The third-order valence-electron chi connectivity index (χ3n) is 3.52. The molecule has 6 heteroatoms. The second-order valence-electron chi connectivity index (χ2n) is 5.41. The number of hydrogen-bond acceptors (Lipinski definition) is 5. The quantitative estimate of drug-likeness (QED) is 0.468. The molecule has 0 bridgehead atoms. The van der Waals surface area contributed by atoms with Crippen LogP contribution in [0.15, 0.2) is 42.5 Å². The summed E-state index contributed by atoms with van der Waals surface area (Å²) in [4.78, 5) is 0. The number of aromatic amines is 1. The summed E-state index contributed by atoms with van der Waals surface area (Å²) in [5.41, 5.74) is 2.93. The molecule has 0 saturated carbocycles. The number of phenols is 4. The molecule has 5 N–H and O–H groups in total. The van der Waals surface area contributed by atoms with Crippen LogP contribution < -0.4 is 0 Å². The molecule has 0 atom stereocenters. The summed E-state index contributed by atoms with van der Waals surface area (Å²) in [5.74, 6) is -0.673. The summed E-state index contributed by atoms with van der Waals surface area (Å²) in [6.07, 6.45) is 7.10. The van der Waals surface area contributed by atoms with E-state index < -0.39 is 0 Å². The normalized spacial score (nSPS) is 11.5. The highest BCUT2D eigenvalue weighted by molar-refractivity contribution is 5.73. The van der Waals surface area contributed by atoms with Gasteiger partial charge in [0.25, 0.3) is 0 Å². The Hall–Kier alpha value is -3.67. The van der Waals surface area contributed by atoms with Crippen LogP contribution in [0.5, 0.6) is 23.0 Å². The standard InChI is InChI=1S/C19H16N2O4/c22-16-7-3-12(9-18(16)24)1-5-14-11-15(21-20-14)6-2-13-4-8-17(23)19(25)10-13/h1-11,22-25H,(H,20,21)/b5-1+,6-2+. The molecule has 126 valence electrons. The van der Waals surface area contributed by atoms with Crippen molar-refractivity contribution in [1.29, 1.82) is 0 Å². The summed E-state index contributed by atoms with van der Waals surface area (Å²) in [6.45, 7) is 0. The lowest BCUT2D eigenvalue weighted by atomic mass is 10.1. The van der Waals surface area contributed by atoms with Gasteiger partial charge < -0.3 is 20.4 Å². The SMILES string of the molecule is Oc1ccc(/C=C/c2cc(/C=C/c3ccc(O)c(O)c3)[nH]n2)cc1O. The molecule has 0 aliphatic carbocycles. The Bertz CT molecular complexity index is 882. The Kier molecular flexibility index (Phi) is 4.43. The Morgan fingerprint density at radius 1 is 0.640 bits per heavy atom. The van der Waals surface area contributed by atoms with E-state index in [1.807, 2.05) is 6.07 Å². The minimum atomic E-state index is -0.176. The largest absolute Gasteiger partial charge is 0.504 e. The van der Waals surface area contributed by atoms with Crippen LogP contribution in [0.4, 0.5) is 0 Å². The summed E-state index contributed by atoms with van der Waals surface area (Å²) in [6, 6.07) is 10.9. The summed E-state index contributed by atoms with van der Waals surface area (Å²) in [5, 5.41) is 44.5. The first-order valence-electron chi connectivity index (χ1n) is 7.47. The molecule has 0 aliphatic heterocycles. The second-order valence-corrected chi connectivity index (χ2v) is 5.41. The third kappa shape index (κ3) is 4.00. The summed E-state index contributed by atoms with van der Waals surface area (Å²) >= 11 is 0. The Balaban J connectivity index is 1.71. The molecule has 6 nitrogen and oxygen atoms in total. The molecule has 0 radical (unpaired) electrons. The Morgan fingerprint density at radius 3 is 1.76 bits per heavy atom. The maximum absolute atomic E-state index is 9.47. The maximum atomic E-state index is 9.47. The van der Waals surface area contributed by atoms with Gasteiger partial charge in [0.15, 0.2) is 23.0 Å². The lowest BCUT2D eigenvalue weighted by molar-refractivity contribution is 0.403. The van der Waals surface area contributed by atoms with Crippen molar-refractivity contribution in [3.8, 4) is 23.0 Å². The highest BCUT2D eigenvalue weighted by Crippen LogP contribution is 2.26. The van der Waals surface area contributed by atoms with Gasteiger partial charge in [-0.2, -0.15) is 5.10 Å². The number of benzene rings is 2. The van der Waals surface area contributed by atoms with Gasteiger partial charge in [0.1, 0.15) is 0 Å². The van der Waals surface area contributed by atoms with E-state index in [9.17, 15) is 20.4 Å². The Morgan fingerprint density at radius 2 is 1.20 bits per heavy atom. The van der Waals surface area contributed by atoms with Gasteiger partial charge in [-0.3, -0.25) is 5.10 Å². The van der Waals surface area contributed by atoms with Crippen LogP contribution in [0.1, 0.15) is 22.5 Å². The minimum absolute atomic E-state index is 0.161. The number of aromatic nitrogens is 2. The van der Waals surface area contributed by atoms with E-state index in [0.717, 1.165) is 16.8 Å². The monoisotopic (exact) mass is 336 g/mol. The molecular formula is C19H16N2O4. The van der Waals surface area contributed by atoms with Crippen LogP contribution >= 0.6 is 0 Å². The van der Waals surface area contributed by atoms with Gasteiger partial charge in [-0.25, -0.2) is 0 Å². The van der Waals surface area contributed by atoms with Gasteiger partial charge >= 0.3 is 0 Å². The van der Waals surface area contributed by atoms with Crippen molar-refractivity contribution in [2.24, 2.45) is 0 Å². The van der Waals surface area contributed by atoms with Gasteiger partial charge in [-0.15, -0.1) is 0 Å². The average Bonchev–Trinajstić information content (AvgIpc) is 3.05. The smallest absolute Gasteiger partial charge is 0.157 e. The number of nitrogens with zero attached hydrogens (tertiary/aromatic N) is 1. The number of nitrogens with one attached hydrogen (secondary N) is 1. The van der Waals surface area contributed by atoms with Crippen molar-refractivity contribution in [2.75, 3.05) is 0 Å². The van der Waals surface area contributed by atoms with E-state index >= 15 is 0 Å². The van der Waals surface area contributed by atoms with Crippen LogP contribution in [0.25, 0.3) is 24.3 Å². The highest BCUT2D eigenvalue weighted by atomic mass is 16.3. The molecule has 25 heavy (non-hydrogen) atoms. The van der Waals surface area contributed by atoms with E-state index in [0.29, 0.717) is 5.69 Å². The molecule has 3 aromatic rings. The van der Waals surface area contributed by atoms with Crippen molar-refractivity contribution in [2.45, 2.75) is 0 Å².